The molecule has 0 radical (unpaired) electrons. The molecule has 0 aliphatic carbocycles. The van der Waals surface area contributed by atoms with Gasteiger partial charge in [-0.25, -0.2) is 8.42 Å². The summed E-state index contributed by atoms with van der Waals surface area (Å²) in [6.07, 6.45) is -4.80. The van der Waals surface area contributed by atoms with Gasteiger partial charge in [-0.15, -0.1) is 13.2 Å². The van der Waals surface area contributed by atoms with Crippen molar-refractivity contribution in [3.05, 3.63) is 24.3 Å². The van der Waals surface area contributed by atoms with Gasteiger partial charge in [-0.3, -0.25) is 0 Å². The maximum atomic E-state index is 12.4. The van der Waals surface area contributed by atoms with Crippen LogP contribution in [0.4, 0.5) is 13.2 Å². The Hall–Kier alpha value is -1.32. The van der Waals surface area contributed by atoms with E-state index in [9.17, 15) is 21.6 Å². The quantitative estimate of drug-likeness (QED) is 0.917. The van der Waals surface area contributed by atoms with Gasteiger partial charge in [-0.2, -0.15) is 4.31 Å². The molecule has 5 nitrogen and oxygen atoms in total. The number of alkyl halides is 3. The summed E-state index contributed by atoms with van der Waals surface area (Å²) in [7, 11) is -3.72. The molecule has 1 aliphatic rings. The number of nitrogens with zero attached hydrogens (tertiary/aromatic N) is 1. The van der Waals surface area contributed by atoms with Crippen molar-refractivity contribution >= 4 is 10.0 Å². The van der Waals surface area contributed by atoms with Crippen LogP contribution in [0.5, 0.6) is 5.75 Å². The summed E-state index contributed by atoms with van der Waals surface area (Å²) in [4.78, 5) is -0.0502. The van der Waals surface area contributed by atoms with Crippen molar-refractivity contribution in [2.24, 2.45) is 0 Å². The summed E-state index contributed by atoms with van der Waals surface area (Å²) in [6, 6.07) is 4.01. The number of nitrogens with one attached hydrogen (secondary N) is 1. The second-order valence-corrected chi connectivity index (χ2v) is 6.58. The van der Waals surface area contributed by atoms with Crippen molar-refractivity contribution in [3.8, 4) is 5.75 Å². The van der Waals surface area contributed by atoms with Crippen molar-refractivity contribution in [2.75, 3.05) is 19.6 Å². The summed E-state index contributed by atoms with van der Waals surface area (Å²) in [5.41, 5.74) is 0. The lowest BCUT2D eigenvalue weighted by molar-refractivity contribution is -0.274. The first-order valence-corrected chi connectivity index (χ1v) is 7.72. The molecular formula is C12H15F3N2O3S. The molecule has 1 fully saturated rings. The van der Waals surface area contributed by atoms with Crippen LogP contribution in [-0.2, 0) is 10.0 Å². The molecule has 0 saturated carbocycles. The van der Waals surface area contributed by atoms with E-state index in [4.69, 9.17) is 0 Å². The second kappa shape index (κ2) is 5.82. The van der Waals surface area contributed by atoms with Crippen LogP contribution < -0.4 is 10.1 Å². The zero-order valence-corrected chi connectivity index (χ0v) is 12.0. The predicted octanol–water partition coefficient (Wildman–Crippen LogP) is 1.57. The topological polar surface area (TPSA) is 58.6 Å². The van der Waals surface area contributed by atoms with Gasteiger partial charge in [0.2, 0.25) is 10.0 Å². The second-order valence-electron chi connectivity index (χ2n) is 4.69. The molecule has 0 bridgehead atoms. The third-order valence-electron chi connectivity index (χ3n) is 3.10. The Balaban J connectivity index is 2.21. The first-order valence-electron chi connectivity index (χ1n) is 6.28. The van der Waals surface area contributed by atoms with E-state index in [1.807, 2.05) is 0 Å². The smallest absolute Gasteiger partial charge is 0.406 e. The van der Waals surface area contributed by atoms with Crippen LogP contribution >= 0.6 is 0 Å². The number of sulfonamides is 1. The first kappa shape index (κ1) is 16.1. The molecule has 1 aliphatic heterocycles. The number of hydrogen-bond acceptors (Lipinski definition) is 4. The first-order chi connectivity index (χ1) is 9.70. The molecule has 1 aromatic carbocycles. The van der Waals surface area contributed by atoms with Gasteiger partial charge in [-0.05, 0) is 31.2 Å². The molecule has 9 heteroatoms. The minimum atomic E-state index is -4.80. The van der Waals surface area contributed by atoms with Gasteiger partial charge in [0.25, 0.3) is 0 Å². The third kappa shape index (κ3) is 3.86. The summed E-state index contributed by atoms with van der Waals surface area (Å²) < 4.78 is 66.1. The summed E-state index contributed by atoms with van der Waals surface area (Å²) in [6.45, 7) is 3.17. The number of halogens is 3. The van der Waals surface area contributed by atoms with Gasteiger partial charge in [-0.1, -0.05) is 0 Å². The van der Waals surface area contributed by atoms with Crippen LogP contribution in [0.15, 0.2) is 29.2 Å². The number of hydrogen-bond donors (Lipinski definition) is 1. The largest absolute Gasteiger partial charge is 0.573 e. The highest BCUT2D eigenvalue weighted by Crippen LogP contribution is 2.25. The number of rotatable bonds is 3. The fourth-order valence-corrected chi connectivity index (χ4v) is 3.76. The predicted molar refractivity (Wildman–Crippen MR) is 69.3 cm³/mol. The lowest BCUT2D eigenvalue weighted by atomic mass is 10.3. The van der Waals surface area contributed by atoms with Crippen molar-refractivity contribution in [2.45, 2.75) is 24.2 Å². The number of ether oxygens (including phenoxy) is 1. The molecule has 0 amide bonds. The highest BCUT2D eigenvalue weighted by molar-refractivity contribution is 7.89. The van der Waals surface area contributed by atoms with E-state index in [0.717, 1.165) is 24.3 Å². The van der Waals surface area contributed by atoms with Gasteiger partial charge >= 0.3 is 6.36 Å². The summed E-state index contributed by atoms with van der Waals surface area (Å²) in [5, 5.41) is 3.07. The Kier molecular flexibility index (Phi) is 4.45. The van der Waals surface area contributed by atoms with Crippen LogP contribution in [-0.4, -0.2) is 44.8 Å². The minimum absolute atomic E-state index is 0.0502. The van der Waals surface area contributed by atoms with Crippen molar-refractivity contribution in [3.63, 3.8) is 0 Å². The maximum absolute atomic E-state index is 12.4. The molecule has 1 heterocycles. The maximum Gasteiger partial charge on any atom is 0.573 e. The molecule has 1 aromatic rings. The highest BCUT2D eigenvalue weighted by Gasteiger charge is 2.33. The minimum Gasteiger partial charge on any atom is -0.406 e. The van der Waals surface area contributed by atoms with Crippen LogP contribution in [0.25, 0.3) is 0 Å². The Morgan fingerprint density at radius 2 is 1.90 bits per heavy atom. The van der Waals surface area contributed by atoms with E-state index < -0.39 is 22.1 Å². The average Bonchev–Trinajstić information content (AvgIpc) is 2.37. The Labute approximate surface area is 120 Å². The highest BCUT2D eigenvalue weighted by atomic mass is 32.2. The molecule has 21 heavy (non-hydrogen) atoms. The SMILES string of the molecule is C[C@H]1CNCCN1S(=O)(=O)c1ccc(OC(F)(F)F)cc1. The van der Waals surface area contributed by atoms with Gasteiger partial charge in [0.15, 0.2) is 0 Å². The molecule has 118 valence electrons. The van der Waals surface area contributed by atoms with E-state index in [0.29, 0.717) is 19.6 Å². The van der Waals surface area contributed by atoms with Crippen LogP contribution in [0, 0.1) is 0 Å². The van der Waals surface area contributed by atoms with Crippen molar-refractivity contribution in [1.82, 2.24) is 9.62 Å². The van der Waals surface area contributed by atoms with Crippen LogP contribution in [0.2, 0.25) is 0 Å². The summed E-state index contributed by atoms with van der Waals surface area (Å²) >= 11 is 0. The fraction of sp³-hybridized carbons (Fsp3) is 0.500. The molecule has 1 saturated heterocycles. The molecule has 0 aromatic heterocycles. The van der Waals surface area contributed by atoms with E-state index >= 15 is 0 Å². The Morgan fingerprint density at radius 3 is 2.43 bits per heavy atom. The van der Waals surface area contributed by atoms with E-state index in [1.165, 1.54) is 4.31 Å². The van der Waals surface area contributed by atoms with Gasteiger partial charge in [0, 0.05) is 25.7 Å². The van der Waals surface area contributed by atoms with Gasteiger partial charge in [0.1, 0.15) is 5.75 Å². The molecular weight excluding hydrogens is 309 g/mol. The lowest BCUT2D eigenvalue weighted by Gasteiger charge is -2.32. The fourth-order valence-electron chi connectivity index (χ4n) is 2.13. The lowest BCUT2D eigenvalue weighted by Crippen LogP contribution is -2.52. The molecule has 0 unspecified atom stereocenters. The van der Waals surface area contributed by atoms with Gasteiger partial charge in [0.05, 0.1) is 4.90 Å². The molecule has 2 rings (SSSR count). The zero-order valence-electron chi connectivity index (χ0n) is 11.2. The van der Waals surface area contributed by atoms with E-state index in [1.54, 1.807) is 6.92 Å². The third-order valence-corrected chi connectivity index (χ3v) is 5.13. The van der Waals surface area contributed by atoms with Crippen molar-refractivity contribution < 1.29 is 26.3 Å². The van der Waals surface area contributed by atoms with Crippen LogP contribution in [0.3, 0.4) is 0 Å². The monoisotopic (exact) mass is 324 g/mol. The molecule has 1 atom stereocenters. The van der Waals surface area contributed by atoms with Crippen molar-refractivity contribution in [1.29, 1.82) is 0 Å². The number of piperazine rings is 1. The van der Waals surface area contributed by atoms with E-state index in [-0.39, 0.29) is 10.9 Å². The zero-order chi connectivity index (χ0) is 15.7. The average molecular weight is 324 g/mol. The summed E-state index contributed by atoms with van der Waals surface area (Å²) in [5.74, 6) is -0.449. The van der Waals surface area contributed by atoms with Crippen LogP contribution in [0.1, 0.15) is 6.92 Å². The normalized spacial score (nSPS) is 21.2. The molecule has 0 spiro atoms. The van der Waals surface area contributed by atoms with Gasteiger partial charge < -0.3 is 10.1 Å². The Morgan fingerprint density at radius 1 is 1.29 bits per heavy atom. The number of benzene rings is 1. The van der Waals surface area contributed by atoms with E-state index in [2.05, 4.69) is 10.1 Å². The Bertz CT molecular complexity index is 587. The molecule has 1 N–H and O–H groups in total. The standard InChI is InChI=1S/C12H15F3N2O3S/c1-9-8-16-6-7-17(9)21(18,19)11-4-2-10(3-5-11)20-12(13,14)15/h2-5,9,16H,6-8H2,1H3/t9-/m0/s1.